The van der Waals surface area contributed by atoms with Crippen molar-refractivity contribution in [3.05, 3.63) is 89.6 Å². The van der Waals surface area contributed by atoms with Gasteiger partial charge in [0.1, 0.15) is 13.8 Å². The van der Waals surface area contributed by atoms with E-state index in [0.29, 0.717) is 16.4 Å². The van der Waals surface area contributed by atoms with Crippen LogP contribution in [0.1, 0.15) is 16.8 Å². The van der Waals surface area contributed by atoms with E-state index in [1.54, 1.807) is 30.5 Å². The van der Waals surface area contributed by atoms with Crippen LogP contribution < -0.4 is 5.32 Å². The molecule has 0 bridgehead atoms. The van der Waals surface area contributed by atoms with E-state index in [2.05, 4.69) is 29.6 Å². The first-order chi connectivity index (χ1) is 11.8. The van der Waals surface area contributed by atoms with Gasteiger partial charge in [0.15, 0.2) is 5.60 Å². The molecule has 1 heterocycles. The van der Waals surface area contributed by atoms with Gasteiger partial charge in [0.05, 0.1) is 0 Å². The number of hydrogen-bond donors (Lipinski definition) is 1. The predicted octanol–water partition coefficient (Wildman–Crippen LogP) is 3.45. The Morgan fingerprint density at radius 2 is 1.36 bits per heavy atom. The fourth-order valence-corrected chi connectivity index (χ4v) is 3.65. The van der Waals surface area contributed by atoms with E-state index in [4.69, 9.17) is 0 Å². The first-order valence-corrected chi connectivity index (χ1v) is 11.7. The highest BCUT2D eigenvalue weighted by molar-refractivity contribution is 6.88. The molecule has 0 fully saturated rings. The van der Waals surface area contributed by atoms with Gasteiger partial charge in [-0.15, -0.1) is 0 Å². The molecule has 3 nitrogen and oxygen atoms in total. The number of aliphatic hydroxyl groups is 1. The van der Waals surface area contributed by atoms with Crippen LogP contribution in [0.25, 0.3) is 0 Å². The third-order valence-corrected chi connectivity index (χ3v) is 6.00. The number of benzene rings is 2. The normalized spacial score (nSPS) is 12.2. The Kier molecular flexibility index (Phi) is 4.54. The van der Waals surface area contributed by atoms with Crippen molar-refractivity contribution in [3.63, 3.8) is 0 Å². The summed E-state index contributed by atoms with van der Waals surface area (Å²) in [7, 11) is -1.80. The fourth-order valence-electron chi connectivity index (χ4n) is 2.77. The molecule has 128 valence electrons. The van der Waals surface area contributed by atoms with Crippen LogP contribution in [0.15, 0.2) is 66.9 Å². The Balaban J connectivity index is 2.24. The number of halogens is 1. The van der Waals surface area contributed by atoms with Crippen LogP contribution in [0.4, 0.5) is 4.39 Å². The van der Waals surface area contributed by atoms with Crippen molar-refractivity contribution >= 4 is 13.4 Å². The summed E-state index contributed by atoms with van der Waals surface area (Å²) in [5.74, 6) is -0.727. The van der Waals surface area contributed by atoms with Gasteiger partial charge in [0.25, 0.3) is 0 Å². The zero-order valence-corrected chi connectivity index (χ0v) is 15.6. The smallest absolute Gasteiger partial charge is 0.238 e. The van der Waals surface area contributed by atoms with Gasteiger partial charge in [-0.1, -0.05) is 80.3 Å². The van der Waals surface area contributed by atoms with Crippen LogP contribution in [0.5, 0.6) is 0 Å². The topological polar surface area (TPSA) is 46.0 Å². The third-order valence-electron chi connectivity index (χ3n) is 4.22. The first-order valence-electron chi connectivity index (χ1n) is 8.20. The number of aromatic nitrogens is 2. The summed E-state index contributed by atoms with van der Waals surface area (Å²) < 4.78 is 14.9. The highest BCUT2D eigenvalue weighted by Gasteiger charge is 2.39. The van der Waals surface area contributed by atoms with Crippen LogP contribution in [0.2, 0.25) is 19.6 Å². The SMILES string of the molecule is C[Si](C)(C)c1cnc(C(O)(c2ccccc2)c2ccccc2)c(F)n1. The Labute approximate surface area is 148 Å². The van der Waals surface area contributed by atoms with Crippen LogP contribution in [-0.4, -0.2) is 23.1 Å². The van der Waals surface area contributed by atoms with Gasteiger partial charge < -0.3 is 5.11 Å². The molecule has 3 rings (SSSR count). The Hall–Kier alpha value is -2.37. The zero-order chi connectivity index (χ0) is 18.1. The zero-order valence-electron chi connectivity index (χ0n) is 14.6. The van der Waals surface area contributed by atoms with Gasteiger partial charge in [0.2, 0.25) is 5.95 Å². The Bertz CT molecular complexity index is 824. The molecule has 0 aliphatic heterocycles. The maximum absolute atomic E-state index is 14.9. The van der Waals surface area contributed by atoms with Gasteiger partial charge in [-0.2, -0.15) is 4.39 Å². The van der Waals surface area contributed by atoms with Gasteiger partial charge in [-0.25, -0.2) is 4.98 Å². The minimum atomic E-state index is -1.80. The summed E-state index contributed by atoms with van der Waals surface area (Å²) in [6.45, 7) is 6.24. The standard InChI is InChI=1S/C20H21FN2OSi/c1-25(2,3)17-14-22-18(19(21)23-17)20(24,15-10-6-4-7-11-15)16-12-8-5-9-13-16/h4-14,24H,1-3H3. The largest absolute Gasteiger partial charge is 0.374 e. The maximum atomic E-state index is 14.9. The van der Waals surface area contributed by atoms with E-state index in [0.717, 1.165) is 0 Å². The summed E-state index contributed by atoms with van der Waals surface area (Å²) in [6.07, 6.45) is 1.60. The number of hydrogen-bond acceptors (Lipinski definition) is 3. The molecule has 25 heavy (non-hydrogen) atoms. The average Bonchev–Trinajstić information content (AvgIpc) is 2.62. The van der Waals surface area contributed by atoms with E-state index in [1.807, 2.05) is 36.4 Å². The van der Waals surface area contributed by atoms with Crippen molar-refractivity contribution in [2.24, 2.45) is 0 Å². The van der Waals surface area contributed by atoms with Crippen LogP contribution in [0.3, 0.4) is 0 Å². The van der Waals surface area contributed by atoms with Crippen molar-refractivity contribution in [2.75, 3.05) is 0 Å². The van der Waals surface area contributed by atoms with Crippen LogP contribution >= 0.6 is 0 Å². The molecule has 3 aromatic rings. The molecule has 0 unspecified atom stereocenters. The molecule has 0 aliphatic rings. The molecule has 0 saturated carbocycles. The predicted molar refractivity (Wildman–Crippen MR) is 100.0 cm³/mol. The molecule has 0 saturated heterocycles. The Morgan fingerprint density at radius 1 is 0.880 bits per heavy atom. The monoisotopic (exact) mass is 352 g/mol. The summed E-state index contributed by atoms with van der Waals surface area (Å²) in [5.41, 5.74) is -0.672. The summed E-state index contributed by atoms with van der Waals surface area (Å²) in [5, 5.41) is 12.2. The maximum Gasteiger partial charge on any atom is 0.238 e. The lowest BCUT2D eigenvalue weighted by Crippen LogP contribution is -2.42. The van der Waals surface area contributed by atoms with E-state index >= 15 is 0 Å². The van der Waals surface area contributed by atoms with Crippen molar-refractivity contribution in [3.8, 4) is 0 Å². The van der Waals surface area contributed by atoms with Gasteiger partial charge in [-0.05, 0) is 11.1 Å². The van der Waals surface area contributed by atoms with Crippen molar-refractivity contribution in [2.45, 2.75) is 25.2 Å². The molecule has 0 radical (unpaired) electrons. The van der Waals surface area contributed by atoms with Crippen LogP contribution in [-0.2, 0) is 5.60 Å². The summed E-state index contributed by atoms with van der Waals surface area (Å²) >= 11 is 0. The second kappa shape index (κ2) is 6.50. The molecule has 0 spiro atoms. The third kappa shape index (κ3) is 3.25. The summed E-state index contributed by atoms with van der Waals surface area (Å²) in [4.78, 5) is 8.45. The van der Waals surface area contributed by atoms with Crippen molar-refractivity contribution in [1.29, 1.82) is 0 Å². The van der Waals surface area contributed by atoms with Crippen LogP contribution in [0, 0.1) is 5.95 Å². The lowest BCUT2D eigenvalue weighted by Gasteiger charge is -2.29. The molecule has 0 amide bonds. The highest BCUT2D eigenvalue weighted by Crippen LogP contribution is 2.35. The van der Waals surface area contributed by atoms with Crippen molar-refractivity contribution in [1.82, 2.24) is 9.97 Å². The lowest BCUT2D eigenvalue weighted by atomic mass is 9.83. The lowest BCUT2D eigenvalue weighted by molar-refractivity contribution is 0.115. The minimum absolute atomic E-state index is 0.0769. The molecule has 0 atom stereocenters. The number of rotatable bonds is 4. The minimum Gasteiger partial charge on any atom is -0.374 e. The molecule has 5 heteroatoms. The van der Waals surface area contributed by atoms with E-state index < -0.39 is 19.6 Å². The van der Waals surface area contributed by atoms with E-state index in [-0.39, 0.29) is 5.69 Å². The quantitative estimate of drug-likeness (QED) is 0.732. The fraction of sp³-hybridized carbons (Fsp3) is 0.200. The Morgan fingerprint density at radius 3 is 1.76 bits per heavy atom. The summed E-state index contributed by atoms with van der Waals surface area (Å²) in [6, 6.07) is 18.0. The molecular weight excluding hydrogens is 331 g/mol. The molecule has 1 N–H and O–H groups in total. The van der Waals surface area contributed by atoms with E-state index in [9.17, 15) is 9.50 Å². The molecular formula is C20H21FN2OSi. The molecule has 2 aromatic carbocycles. The second-order valence-corrected chi connectivity index (χ2v) is 12.1. The molecule has 1 aromatic heterocycles. The van der Waals surface area contributed by atoms with Crippen molar-refractivity contribution < 1.29 is 9.50 Å². The van der Waals surface area contributed by atoms with Gasteiger partial charge in [-0.3, -0.25) is 4.98 Å². The number of nitrogens with zero attached hydrogens (tertiary/aromatic N) is 2. The molecule has 0 aliphatic carbocycles. The second-order valence-electron chi connectivity index (χ2n) is 7.09. The van der Waals surface area contributed by atoms with Gasteiger partial charge in [0, 0.05) is 11.5 Å². The average molecular weight is 352 g/mol. The van der Waals surface area contributed by atoms with E-state index in [1.165, 1.54) is 0 Å². The first kappa shape index (κ1) is 17.4. The highest BCUT2D eigenvalue weighted by atomic mass is 28.3. The van der Waals surface area contributed by atoms with Gasteiger partial charge >= 0.3 is 0 Å².